The number of benzene rings is 1. The Morgan fingerprint density at radius 1 is 1.55 bits per heavy atom. The molecule has 112 valence electrons. The Labute approximate surface area is 130 Å². The van der Waals surface area contributed by atoms with Crippen LogP contribution in [0.3, 0.4) is 0 Å². The summed E-state index contributed by atoms with van der Waals surface area (Å²) in [6.07, 6.45) is 0.921. The maximum Gasteiger partial charge on any atom is 0.255 e. The number of hydrogen-bond donors (Lipinski definition) is 1. The van der Waals surface area contributed by atoms with Crippen molar-refractivity contribution in [2.45, 2.75) is 32.4 Å². The number of carbonyl (C=O) groups excluding carboxylic acids is 1. The quantitative estimate of drug-likeness (QED) is 0.853. The van der Waals surface area contributed by atoms with Crippen LogP contribution in [-0.2, 0) is 4.74 Å². The lowest BCUT2D eigenvalue weighted by Gasteiger charge is -2.38. The molecular formula is C14H20Cl2N2O2. The highest BCUT2D eigenvalue weighted by Crippen LogP contribution is 2.24. The van der Waals surface area contributed by atoms with Gasteiger partial charge in [0.15, 0.2) is 0 Å². The van der Waals surface area contributed by atoms with Crippen LogP contribution in [0.5, 0.6) is 0 Å². The summed E-state index contributed by atoms with van der Waals surface area (Å²) in [6.45, 7) is 5.19. The minimum Gasteiger partial charge on any atom is -0.399 e. The number of anilines is 1. The van der Waals surface area contributed by atoms with Crippen LogP contribution in [0.2, 0.25) is 5.02 Å². The van der Waals surface area contributed by atoms with Gasteiger partial charge in [0.1, 0.15) is 0 Å². The third-order valence-corrected chi connectivity index (χ3v) is 3.74. The Balaban J connectivity index is 0.00000200. The summed E-state index contributed by atoms with van der Waals surface area (Å²) >= 11 is 6.11. The SMILES string of the molecule is CCC1COC(C)CN1C(=O)c1ccc(N)cc1Cl.Cl. The molecular weight excluding hydrogens is 299 g/mol. The molecule has 0 saturated carbocycles. The van der Waals surface area contributed by atoms with E-state index in [1.165, 1.54) is 0 Å². The second-order valence-electron chi connectivity index (χ2n) is 4.90. The van der Waals surface area contributed by atoms with E-state index in [2.05, 4.69) is 6.92 Å². The number of nitrogen functional groups attached to an aromatic ring is 1. The number of ether oxygens (including phenoxy) is 1. The van der Waals surface area contributed by atoms with Crippen LogP contribution < -0.4 is 5.73 Å². The molecule has 1 aliphatic rings. The molecule has 2 rings (SSSR count). The molecule has 1 aliphatic heterocycles. The lowest BCUT2D eigenvalue weighted by Crippen LogP contribution is -2.51. The first-order chi connectivity index (χ1) is 9.02. The number of hydrogen-bond acceptors (Lipinski definition) is 3. The predicted molar refractivity (Wildman–Crippen MR) is 83.6 cm³/mol. The fourth-order valence-corrected chi connectivity index (χ4v) is 2.56. The Bertz CT molecular complexity index is 482. The van der Waals surface area contributed by atoms with Gasteiger partial charge in [0.2, 0.25) is 0 Å². The van der Waals surface area contributed by atoms with E-state index in [1.807, 2.05) is 11.8 Å². The van der Waals surface area contributed by atoms with E-state index >= 15 is 0 Å². The third kappa shape index (κ3) is 3.57. The molecule has 0 spiro atoms. The third-order valence-electron chi connectivity index (χ3n) is 3.42. The molecule has 1 aromatic carbocycles. The number of halogens is 2. The number of rotatable bonds is 2. The molecule has 0 aliphatic carbocycles. The average molecular weight is 319 g/mol. The number of carbonyl (C=O) groups is 1. The Morgan fingerprint density at radius 3 is 2.85 bits per heavy atom. The average Bonchev–Trinajstić information content (AvgIpc) is 2.38. The maximum atomic E-state index is 12.6. The zero-order chi connectivity index (χ0) is 14.0. The predicted octanol–water partition coefficient (Wildman–Crippen LogP) is 2.98. The van der Waals surface area contributed by atoms with Crippen molar-refractivity contribution < 1.29 is 9.53 Å². The van der Waals surface area contributed by atoms with Crippen LogP contribution in [-0.4, -0.2) is 36.1 Å². The summed E-state index contributed by atoms with van der Waals surface area (Å²) in [5.41, 5.74) is 6.71. The van der Waals surface area contributed by atoms with Crippen LogP contribution in [0, 0.1) is 0 Å². The summed E-state index contributed by atoms with van der Waals surface area (Å²) < 4.78 is 5.60. The standard InChI is InChI=1S/C14H19ClN2O2.ClH/c1-3-11-8-19-9(2)7-17(11)14(18)12-5-4-10(16)6-13(12)15;/h4-6,9,11H,3,7-8,16H2,1-2H3;1H. The minimum atomic E-state index is -0.0491. The molecule has 1 saturated heterocycles. The summed E-state index contributed by atoms with van der Waals surface area (Å²) in [5.74, 6) is -0.0491. The van der Waals surface area contributed by atoms with Crippen LogP contribution in [0.4, 0.5) is 5.69 Å². The van der Waals surface area contributed by atoms with Gasteiger partial charge >= 0.3 is 0 Å². The number of morpholine rings is 1. The van der Waals surface area contributed by atoms with Gasteiger partial charge in [0.25, 0.3) is 5.91 Å². The molecule has 2 unspecified atom stereocenters. The first-order valence-corrected chi connectivity index (χ1v) is 6.88. The zero-order valence-corrected chi connectivity index (χ0v) is 13.2. The van der Waals surface area contributed by atoms with Crippen LogP contribution >= 0.6 is 24.0 Å². The maximum absolute atomic E-state index is 12.6. The largest absolute Gasteiger partial charge is 0.399 e. The van der Waals surface area contributed by atoms with E-state index in [1.54, 1.807) is 18.2 Å². The molecule has 20 heavy (non-hydrogen) atoms. The van der Waals surface area contributed by atoms with E-state index in [4.69, 9.17) is 22.1 Å². The van der Waals surface area contributed by atoms with Gasteiger partial charge in [-0.25, -0.2) is 0 Å². The van der Waals surface area contributed by atoms with Crippen molar-refractivity contribution in [1.29, 1.82) is 0 Å². The second kappa shape index (κ2) is 7.16. The summed E-state index contributed by atoms with van der Waals surface area (Å²) in [6, 6.07) is 5.11. The van der Waals surface area contributed by atoms with Gasteiger partial charge in [-0.15, -0.1) is 12.4 Å². The molecule has 6 heteroatoms. The minimum absolute atomic E-state index is 0. The molecule has 4 nitrogen and oxygen atoms in total. The van der Waals surface area contributed by atoms with Crippen molar-refractivity contribution in [2.24, 2.45) is 0 Å². The van der Waals surface area contributed by atoms with Crippen LogP contribution in [0.15, 0.2) is 18.2 Å². The first kappa shape index (κ1) is 17.1. The highest BCUT2D eigenvalue weighted by molar-refractivity contribution is 6.34. The van der Waals surface area contributed by atoms with Crippen molar-refractivity contribution in [3.63, 3.8) is 0 Å². The molecule has 0 radical (unpaired) electrons. The van der Waals surface area contributed by atoms with E-state index < -0.39 is 0 Å². The van der Waals surface area contributed by atoms with Crippen molar-refractivity contribution in [3.8, 4) is 0 Å². The smallest absolute Gasteiger partial charge is 0.255 e. The van der Waals surface area contributed by atoms with Gasteiger partial charge in [-0.1, -0.05) is 18.5 Å². The fraction of sp³-hybridized carbons (Fsp3) is 0.500. The first-order valence-electron chi connectivity index (χ1n) is 6.50. The van der Waals surface area contributed by atoms with E-state index in [0.29, 0.717) is 29.4 Å². The molecule has 1 amide bonds. The summed E-state index contributed by atoms with van der Waals surface area (Å²) in [4.78, 5) is 14.4. The monoisotopic (exact) mass is 318 g/mol. The molecule has 2 atom stereocenters. The molecule has 1 heterocycles. The second-order valence-corrected chi connectivity index (χ2v) is 5.31. The van der Waals surface area contributed by atoms with Gasteiger partial charge in [-0.2, -0.15) is 0 Å². The number of nitrogens with zero attached hydrogens (tertiary/aromatic N) is 1. The number of amides is 1. The lowest BCUT2D eigenvalue weighted by atomic mass is 10.1. The molecule has 1 fully saturated rings. The van der Waals surface area contributed by atoms with Gasteiger partial charge in [0, 0.05) is 12.2 Å². The van der Waals surface area contributed by atoms with Gasteiger partial charge in [-0.3, -0.25) is 4.79 Å². The summed E-state index contributed by atoms with van der Waals surface area (Å²) in [5, 5.41) is 0.402. The van der Waals surface area contributed by atoms with Crippen LogP contribution in [0.25, 0.3) is 0 Å². The zero-order valence-electron chi connectivity index (χ0n) is 11.6. The van der Waals surface area contributed by atoms with Crippen LogP contribution in [0.1, 0.15) is 30.6 Å². The van der Waals surface area contributed by atoms with Crippen molar-refractivity contribution in [1.82, 2.24) is 4.90 Å². The molecule has 0 aromatic heterocycles. The highest BCUT2D eigenvalue weighted by Gasteiger charge is 2.30. The topological polar surface area (TPSA) is 55.6 Å². The summed E-state index contributed by atoms with van der Waals surface area (Å²) in [7, 11) is 0. The Morgan fingerprint density at radius 2 is 2.25 bits per heavy atom. The molecule has 1 aromatic rings. The molecule has 0 bridgehead atoms. The van der Waals surface area contributed by atoms with Crippen molar-refractivity contribution in [2.75, 3.05) is 18.9 Å². The lowest BCUT2D eigenvalue weighted by molar-refractivity contribution is -0.0443. The highest BCUT2D eigenvalue weighted by atomic mass is 35.5. The fourth-order valence-electron chi connectivity index (χ4n) is 2.29. The van der Waals surface area contributed by atoms with E-state index in [-0.39, 0.29) is 30.5 Å². The Hall–Kier alpha value is -0.970. The van der Waals surface area contributed by atoms with Gasteiger partial charge < -0.3 is 15.4 Å². The Kier molecular flexibility index (Phi) is 6.11. The number of nitrogens with two attached hydrogens (primary N) is 1. The molecule has 2 N–H and O–H groups in total. The van der Waals surface area contributed by atoms with Gasteiger partial charge in [-0.05, 0) is 31.5 Å². The van der Waals surface area contributed by atoms with Gasteiger partial charge in [0.05, 0.1) is 29.3 Å². The van der Waals surface area contributed by atoms with E-state index in [9.17, 15) is 4.79 Å². The van der Waals surface area contributed by atoms with Crippen molar-refractivity contribution >= 4 is 35.6 Å². The van der Waals surface area contributed by atoms with Crippen molar-refractivity contribution in [3.05, 3.63) is 28.8 Å². The normalized spacial score (nSPS) is 22.2. The van der Waals surface area contributed by atoms with E-state index in [0.717, 1.165) is 6.42 Å².